The standard InChI is InChI=1S/C30H32N4O7S/c1-6-19(3)33-42(38,39)26-17-21(31-28(35)23-9-7-8-10-24(23)40-5)13-16-25(26)41-29-20(4)27(30(36)37)32-34(29)22-14-11-18(2)12-15-22/h7-17,19,33H,6H2,1-5H3,(H,31,35)(H,36,37)/t19-/m0/s1. The number of carbonyl (C=O) groups is 2. The van der Waals surface area contributed by atoms with Crippen LogP contribution < -0.4 is 19.5 Å². The van der Waals surface area contributed by atoms with Crippen LogP contribution in [0.25, 0.3) is 5.69 Å². The molecule has 0 aliphatic rings. The number of carbonyl (C=O) groups excluding carboxylic acids is 1. The molecule has 0 radical (unpaired) electrons. The molecule has 42 heavy (non-hydrogen) atoms. The van der Waals surface area contributed by atoms with E-state index in [9.17, 15) is 23.1 Å². The molecule has 0 saturated heterocycles. The fourth-order valence-corrected chi connectivity index (χ4v) is 5.57. The number of nitrogens with zero attached hydrogens (tertiary/aromatic N) is 2. The van der Waals surface area contributed by atoms with Gasteiger partial charge in [0.05, 0.1) is 18.4 Å². The number of aromatic carboxylic acids is 1. The lowest BCUT2D eigenvalue weighted by atomic mass is 10.2. The van der Waals surface area contributed by atoms with Crippen molar-refractivity contribution in [3.8, 4) is 23.1 Å². The molecule has 1 aromatic heterocycles. The van der Waals surface area contributed by atoms with E-state index in [-0.39, 0.29) is 39.0 Å². The fourth-order valence-electron chi connectivity index (χ4n) is 4.09. The zero-order valence-electron chi connectivity index (χ0n) is 23.8. The number of anilines is 1. The van der Waals surface area contributed by atoms with Gasteiger partial charge >= 0.3 is 5.97 Å². The Kier molecular flexibility index (Phi) is 8.98. The SMILES string of the molecule is CC[C@H](C)NS(=O)(=O)c1cc(NC(=O)c2ccccc2OC)ccc1Oc1c(C)c(C(=O)O)nn1-c1ccc(C)cc1. The molecule has 1 amide bonds. The third-order valence-electron chi connectivity index (χ3n) is 6.57. The predicted molar refractivity (Wildman–Crippen MR) is 158 cm³/mol. The van der Waals surface area contributed by atoms with Crippen molar-refractivity contribution in [2.45, 2.75) is 45.1 Å². The fraction of sp³-hybridized carbons (Fsp3) is 0.233. The van der Waals surface area contributed by atoms with Crippen LogP contribution in [0.5, 0.6) is 17.4 Å². The zero-order chi connectivity index (χ0) is 30.6. The molecule has 0 aliphatic carbocycles. The van der Waals surface area contributed by atoms with Crippen molar-refractivity contribution in [1.82, 2.24) is 14.5 Å². The number of para-hydroxylation sites is 1. The molecule has 0 bridgehead atoms. The van der Waals surface area contributed by atoms with Crippen molar-refractivity contribution in [3.63, 3.8) is 0 Å². The lowest BCUT2D eigenvalue weighted by Crippen LogP contribution is -2.32. The first-order valence-electron chi connectivity index (χ1n) is 13.1. The van der Waals surface area contributed by atoms with Gasteiger partial charge in [-0.15, -0.1) is 0 Å². The summed E-state index contributed by atoms with van der Waals surface area (Å²) in [4.78, 5) is 24.7. The molecule has 0 unspecified atom stereocenters. The monoisotopic (exact) mass is 592 g/mol. The van der Waals surface area contributed by atoms with Crippen molar-refractivity contribution >= 4 is 27.6 Å². The maximum atomic E-state index is 13.6. The molecular weight excluding hydrogens is 560 g/mol. The maximum absolute atomic E-state index is 13.6. The Morgan fingerprint density at radius 2 is 1.71 bits per heavy atom. The highest BCUT2D eigenvalue weighted by atomic mass is 32.2. The summed E-state index contributed by atoms with van der Waals surface area (Å²) in [5.41, 5.74) is 1.93. The minimum absolute atomic E-state index is 0.0297. The minimum atomic E-state index is -4.16. The summed E-state index contributed by atoms with van der Waals surface area (Å²) in [5, 5.41) is 16.7. The van der Waals surface area contributed by atoms with Crippen LogP contribution in [0.3, 0.4) is 0 Å². The lowest BCUT2D eigenvalue weighted by molar-refractivity contribution is 0.0689. The summed E-state index contributed by atoms with van der Waals surface area (Å²) >= 11 is 0. The molecule has 11 nitrogen and oxygen atoms in total. The van der Waals surface area contributed by atoms with Gasteiger partial charge in [-0.25, -0.2) is 17.9 Å². The molecule has 220 valence electrons. The third kappa shape index (κ3) is 6.45. The van der Waals surface area contributed by atoms with Crippen molar-refractivity contribution in [2.24, 2.45) is 0 Å². The topological polar surface area (TPSA) is 149 Å². The van der Waals surface area contributed by atoms with Crippen molar-refractivity contribution < 1.29 is 32.6 Å². The first-order chi connectivity index (χ1) is 19.9. The number of hydrogen-bond acceptors (Lipinski definition) is 7. The quantitative estimate of drug-likeness (QED) is 0.212. The number of methoxy groups -OCH3 is 1. The average Bonchev–Trinajstić information content (AvgIpc) is 3.29. The van der Waals surface area contributed by atoms with E-state index in [2.05, 4.69) is 15.1 Å². The summed E-state index contributed by atoms with van der Waals surface area (Å²) in [6.07, 6.45) is 0.529. The second kappa shape index (κ2) is 12.5. The number of sulfonamides is 1. The Hall–Kier alpha value is -4.68. The Morgan fingerprint density at radius 1 is 1.02 bits per heavy atom. The van der Waals surface area contributed by atoms with Crippen LogP contribution in [-0.2, 0) is 10.0 Å². The highest BCUT2D eigenvalue weighted by Gasteiger charge is 2.27. The smallest absolute Gasteiger partial charge is 0.356 e. The van der Waals surface area contributed by atoms with Crippen molar-refractivity contribution in [3.05, 3.63) is 89.1 Å². The number of hydrogen-bond donors (Lipinski definition) is 3. The van der Waals surface area contributed by atoms with Gasteiger partial charge in [0.25, 0.3) is 5.91 Å². The molecule has 3 aromatic carbocycles. The van der Waals surface area contributed by atoms with E-state index in [0.29, 0.717) is 17.9 Å². The highest BCUT2D eigenvalue weighted by Crippen LogP contribution is 2.36. The second-order valence-corrected chi connectivity index (χ2v) is 11.4. The normalized spacial score (nSPS) is 12.0. The predicted octanol–water partition coefficient (Wildman–Crippen LogP) is 5.32. The van der Waals surface area contributed by atoms with Gasteiger partial charge in [0.2, 0.25) is 15.9 Å². The van der Waals surface area contributed by atoms with Gasteiger partial charge in [-0.05, 0) is 69.7 Å². The number of amides is 1. The van der Waals surface area contributed by atoms with Crippen molar-refractivity contribution in [1.29, 1.82) is 0 Å². The number of nitrogens with one attached hydrogen (secondary N) is 2. The van der Waals surface area contributed by atoms with Crippen LogP contribution in [0.15, 0.2) is 71.6 Å². The van der Waals surface area contributed by atoms with Crippen LogP contribution >= 0.6 is 0 Å². The van der Waals surface area contributed by atoms with Gasteiger partial charge in [-0.1, -0.05) is 36.8 Å². The third-order valence-corrected chi connectivity index (χ3v) is 8.18. The van der Waals surface area contributed by atoms with Crippen LogP contribution in [0.4, 0.5) is 5.69 Å². The first-order valence-corrected chi connectivity index (χ1v) is 14.6. The molecule has 3 N–H and O–H groups in total. The van der Waals surface area contributed by atoms with E-state index in [0.717, 1.165) is 5.56 Å². The summed E-state index contributed by atoms with van der Waals surface area (Å²) in [7, 11) is -2.71. The number of aromatic nitrogens is 2. The summed E-state index contributed by atoms with van der Waals surface area (Å²) in [6, 6.07) is 17.6. The Balaban J connectivity index is 1.81. The second-order valence-electron chi connectivity index (χ2n) is 9.68. The molecular formula is C30H32N4O7S. The summed E-state index contributed by atoms with van der Waals surface area (Å²) < 4.78 is 42.5. The number of carboxylic acids is 1. The van der Waals surface area contributed by atoms with Crippen molar-refractivity contribution in [2.75, 3.05) is 12.4 Å². The van der Waals surface area contributed by atoms with E-state index < -0.39 is 27.9 Å². The Labute approximate surface area is 244 Å². The van der Waals surface area contributed by atoms with Gasteiger partial charge in [0.1, 0.15) is 16.4 Å². The van der Waals surface area contributed by atoms with Gasteiger partial charge in [0.15, 0.2) is 5.69 Å². The van der Waals surface area contributed by atoms with Gasteiger partial charge in [-0.3, -0.25) is 4.79 Å². The van der Waals surface area contributed by atoms with Crippen LogP contribution in [0.1, 0.15) is 52.2 Å². The Bertz CT molecular complexity index is 1730. The van der Waals surface area contributed by atoms with Gasteiger partial charge in [0, 0.05) is 17.3 Å². The van der Waals surface area contributed by atoms with Crippen LogP contribution in [0, 0.1) is 13.8 Å². The molecule has 0 fully saturated rings. The van der Waals surface area contributed by atoms with E-state index in [1.54, 1.807) is 43.3 Å². The summed E-state index contributed by atoms with van der Waals surface area (Å²) in [6.45, 7) is 7.00. The van der Waals surface area contributed by atoms with E-state index >= 15 is 0 Å². The largest absolute Gasteiger partial charge is 0.496 e. The number of aryl methyl sites for hydroxylation is 1. The maximum Gasteiger partial charge on any atom is 0.356 e. The van der Waals surface area contributed by atoms with Crippen LogP contribution in [0.2, 0.25) is 0 Å². The molecule has 0 spiro atoms. The summed E-state index contributed by atoms with van der Waals surface area (Å²) in [5.74, 6) is -1.46. The first kappa shape index (κ1) is 30.3. The highest BCUT2D eigenvalue weighted by molar-refractivity contribution is 7.89. The molecule has 4 rings (SSSR count). The van der Waals surface area contributed by atoms with Gasteiger partial charge in [-0.2, -0.15) is 9.78 Å². The molecule has 4 aromatic rings. The average molecular weight is 593 g/mol. The molecule has 1 heterocycles. The zero-order valence-corrected chi connectivity index (χ0v) is 24.7. The molecule has 0 saturated carbocycles. The molecule has 1 atom stereocenters. The number of ether oxygens (including phenoxy) is 2. The number of carboxylic acid groups (broad SMARTS) is 1. The van der Waals surface area contributed by atoms with E-state index in [4.69, 9.17) is 9.47 Å². The van der Waals surface area contributed by atoms with Gasteiger partial charge < -0.3 is 19.9 Å². The van der Waals surface area contributed by atoms with Crippen LogP contribution in [-0.4, -0.2) is 48.3 Å². The molecule has 12 heteroatoms. The lowest BCUT2D eigenvalue weighted by Gasteiger charge is -2.18. The molecule has 0 aliphatic heterocycles. The number of rotatable bonds is 11. The minimum Gasteiger partial charge on any atom is -0.496 e. The van der Waals surface area contributed by atoms with E-state index in [1.807, 2.05) is 26.0 Å². The Morgan fingerprint density at radius 3 is 2.36 bits per heavy atom. The number of benzene rings is 3. The van der Waals surface area contributed by atoms with E-state index in [1.165, 1.54) is 36.9 Å².